The zero-order chi connectivity index (χ0) is 17.6. The molecule has 1 aromatic carbocycles. The van der Waals surface area contributed by atoms with E-state index < -0.39 is 6.10 Å². The molecule has 25 heavy (non-hydrogen) atoms. The summed E-state index contributed by atoms with van der Waals surface area (Å²) in [5.74, 6) is 0.635. The van der Waals surface area contributed by atoms with Crippen molar-refractivity contribution in [1.82, 2.24) is 10.3 Å². The molecule has 1 aliphatic carbocycles. The number of amides is 1. The number of nitrogens with zero attached hydrogens (tertiary/aromatic N) is 1. The standard InChI is InChI=1S/C19H22N2O3S/c1-25-14-7-4-6-13(12-14)24-19-15(8-5-11-20-19)18(23)21-16-9-2-3-10-17(16)22/h4-8,11-12,16-17,22H,2-3,9-10H2,1H3,(H,21,23)/t16-,17+/m0/s1. The highest BCUT2D eigenvalue weighted by Gasteiger charge is 2.26. The Kier molecular flexibility index (Phi) is 5.94. The van der Waals surface area contributed by atoms with Crippen LogP contribution in [0.15, 0.2) is 47.5 Å². The molecule has 3 rings (SSSR count). The van der Waals surface area contributed by atoms with Crippen LogP contribution in [0.2, 0.25) is 0 Å². The van der Waals surface area contributed by atoms with Gasteiger partial charge in [0.15, 0.2) is 0 Å². The molecular weight excluding hydrogens is 336 g/mol. The number of ether oxygens (including phenoxy) is 1. The number of hydrogen-bond donors (Lipinski definition) is 2. The van der Waals surface area contributed by atoms with E-state index in [1.165, 1.54) is 0 Å². The maximum atomic E-state index is 12.6. The summed E-state index contributed by atoms with van der Waals surface area (Å²) < 4.78 is 5.84. The fourth-order valence-corrected chi connectivity index (χ4v) is 3.40. The number of aliphatic hydroxyl groups excluding tert-OH is 1. The molecule has 0 unspecified atom stereocenters. The summed E-state index contributed by atoms with van der Waals surface area (Å²) >= 11 is 1.62. The number of thioether (sulfide) groups is 1. The third kappa shape index (κ3) is 4.52. The van der Waals surface area contributed by atoms with Gasteiger partial charge in [0.25, 0.3) is 5.91 Å². The van der Waals surface area contributed by atoms with Crippen LogP contribution in [0.5, 0.6) is 11.6 Å². The Morgan fingerprint density at radius 3 is 2.92 bits per heavy atom. The van der Waals surface area contributed by atoms with Crippen LogP contribution in [-0.2, 0) is 0 Å². The van der Waals surface area contributed by atoms with Crippen LogP contribution in [0.1, 0.15) is 36.0 Å². The summed E-state index contributed by atoms with van der Waals surface area (Å²) in [6.45, 7) is 0. The average Bonchev–Trinajstić information content (AvgIpc) is 2.64. The first-order valence-electron chi connectivity index (χ1n) is 8.43. The molecule has 6 heteroatoms. The lowest BCUT2D eigenvalue weighted by atomic mass is 9.92. The number of carbonyl (C=O) groups is 1. The molecule has 0 spiro atoms. The molecule has 1 heterocycles. The Balaban J connectivity index is 1.76. The number of benzene rings is 1. The Morgan fingerprint density at radius 1 is 1.28 bits per heavy atom. The van der Waals surface area contributed by atoms with Crippen LogP contribution in [0.4, 0.5) is 0 Å². The van der Waals surface area contributed by atoms with Gasteiger partial charge in [0.1, 0.15) is 11.3 Å². The van der Waals surface area contributed by atoms with Gasteiger partial charge >= 0.3 is 0 Å². The number of carbonyl (C=O) groups excluding carboxylic acids is 1. The predicted molar refractivity (Wildman–Crippen MR) is 98.3 cm³/mol. The fourth-order valence-electron chi connectivity index (χ4n) is 2.95. The number of rotatable bonds is 5. The molecule has 1 aliphatic rings. The van der Waals surface area contributed by atoms with Crippen LogP contribution in [0.3, 0.4) is 0 Å². The summed E-state index contributed by atoms with van der Waals surface area (Å²) in [6, 6.07) is 10.8. The van der Waals surface area contributed by atoms with Crippen LogP contribution in [0.25, 0.3) is 0 Å². The molecule has 5 nitrogen and oxygen atoms in total. The van der Waals surface area contributed by atoms with Gasteiger partial charge in [0.05, 0.1) is 12.1 Å². The van der Waals surface area contributed by atoms with Crippen molar-refractivity contribution in [2.75, 3.05) is 6.26 Å². The molecular formula is C19H22N2O3S. The molecule has 0 radical (unpaired) electrons. The Morgan fingerprint density at radius 2 is 2.12 bits per heavy atom. The largest absolute Gasteiger partial charge is 0.438 e. The van der Waals surface area contributed by atoms with Crippen LogP contribution in [-0.4, -0.2) is 34.4 Å². The van der Waals surface area contributed by atoms with E-state index in [0.29, 0.717) is 11.3 Å². The fraction of sp³-hybridized carbons (Fsp3) is 0.368. The highest BCUT2D eigenvalue weighted by Crippen LogP contribution is 2.27. The number of nitrogens with one attached hydrogen (secondary N) is 1. The third-order valence-corrected chi connectivity index (χ3v) is 5.04. The lowest BCUT2D eigenvalue weighted by molar-refractivity contribution is 0.0715. The first kappa shape index (κ1) is 17.8. The van der Waals surface area contributed by atoms with Gasteiger partial charge in [-0.3, -0.25) is 4.79 Å². The topological polar surface area (TPSA) is 71.5 Å². The average molecular weight is 358 g/mol. The minimum Gasteiger partial charge on any atom is -0.438 e. The molecule has 1 amide bonds. The third-order valence-electron chi connectivity index (χ3n) is 4.32. The summed E-state index contributed by atoms with van der Waals surface area (Å²) in [7, 11) is 0. The van der Waals surface area contributed by atoms with Crippen molar-refractivity contribution in [1.29, 1.82) is 0 Å². The normalized spacial score (nSPS) is 20.1. The van der Waals surface area contributed by atoms with Gasteiger partial charge in [-0.1, -0.05) is 18.9 Å². The van der Waals surface area contributed by atoms with Crippen LogP contribution < -0.4 is 10.1 Å². The van der Waals surface area contributed by atoms with E-state index in [9.17, 15) is 9.90 Å². The molecule has 0 bridgehead atoms. The van der Waals surface area contributed by atoms with Gasteiger partial charge in [-0.15, -0.1) is 11.8 Å². The Labute approximate surface area is 151 Å². The van der Waals surface area contributed by atoms with Crippen LogP contribution >= 0.6 is 11.8 Å². The van der Waals surface area contributed by atoms with Gasteiger partial charge in [-0.05, 0) is 49.4 Å². The molecule has 2 aromatic rings. The monoisotopic (exact) mass is 358 g/mol. The van der Waals surface area contributed by atoms with Gasteiger partial charge in [0.2, 0.25) is 5.88 Å². The Bertz CT molecular complexity index is 738. The second-order valence-corrected chi connectivity index (χ2v) is 6.95. The lowest BCUT2D eigenvalue weighted by Crippen LogP contribution is -2.45. The van der Waals surface area contributed by atoms with Crippen molar-refractivity contribution in [3.63, 3.8) is 0 Å². The van der Waals surface area contributed by atoms with E-state index in [4.69, 9.17) is 4.74 Å². The van der Waals surface area contributed by atoms with Gasteiger partial charge < -0.3 is 15.2 Å². The van der Waals surface area contributed by atoms with Crippen molar-refractivity contribution in [2.45, 2.75) is 42.7 Å². The maximum Gasteiger partial charge on any atom is 0.257 e. The quantitative estimate of drug-likeness (QED) is 0.799. The van der Waals surface area contributed by atoms with Gasteiger partial charge in [0, 0.05) is 11.1 Å². The van der Waals surface area contributed by atoms with Gasteiger partial charge in [-0.2, -0.15) is 0 Å². The molecule has 0 aliphatic heterocycles. The van der Waals surface area contributed by atoms with Gasteiger partial charge in [-0.25, -0.2) is 4.98 Å². The molecule has 1 saturated carbocycles. The molecule has 1 aromatic heterocycles. The van der Waals surface area contributed by atoms with E-state index >= 15 is 0 Å². The molecule has 132 valence electrons. The minimum absolute atomic E-state index is 0.214. The van der Waals surface area contributed by atoms with Crippen LogP contribution in [0, 0.1) is 0 Å². The number of pyridine rings is 1. The molecule has 2 atom stereocenters. The predicted octanol–water partition coefficient (Wildman–Crippen LogP) is 3.63. The number of aliphatic hydroxyl groups is 1. The number of hydrogen-bond acceptors (Lipinski definition) is 5. The van der Waals surface area contributed by atoms with E-state index in [1.807, 2.05) is 30.5 Å². The van der Waals surface area contributed by atoms with E-state index in [1.54, 1.807) is 30.1 Å². The Hall–Kier alpha value is -2.05. The van der Waals surface area contributed by atoms with Crippen molar-refractivity contribution in [3.8, 4) is 11.6 Å². The first-order valence-corrected chi connectivity index (χ1v) is 9.65. The smallest absolute Gasteiger partial charge is 0.257 e. The minimum atomic E-state index is -0.489. The molecule has 0 saturated heterocycles. The van der Waals surface area contributed by atoms with Crippen molar-refractivity contribution >= 4 is 17.7 Å². The second-order valence-electron chi connectivity index (χ2n) is 6.07. The van der Waals surface area contributed by atoms with Crippen molar-refractivity contribution < 1.29 is 14.6 Å². The number of aromatic nitrogens is 1. The van der Waals surface area contributed by atoms with Crippen molar-refractivity contribution in [3.05, 3.63) is 48.2 Å². The molecule has 1 fully saturated rings. The summed E-state index contributed by atoms with van der Waals surface area (Å²) in [5, 5.41) is 13.0. The summed E-state index contributed by atoms with van der Waals surface area (Å²) in [5.41, 5.74) is 0.370. The SMILES string of the molecule is CSc1cccc(Oc2ncccc2C(=O)N[C@H]2CCCC[C@H]2O)c1. The maximum absolute atomic E-state index is 12.6. The zero-order valence-corrected chi connectivity index (χ0v) is 15.0. The highest BCUT2D eigenvalue weighted by atomic mass is 32.2. The zero-order valence-electron chi connectivity index (χ0n) is 14.1. The first-order chi connectivity index (χ1) is 12.2. The van der Waals surface area contributed by atoms with E-state index in [-0.39, 0.29) is 17.8 Å². The van der Waals surface area contributed by atoms with E-state index in [0.717, 1.165) is 30.6 Å². The summed E-state index contributed by atoms with van der Waals surface area (Å²) in [6.07, 6.45) is 6.63. The lowest BCUT2D eigenvalue weighted by Gasteiger charge is -2.28. The van der Waals surface area contributed by atoms with Crippen molar-refractivity contribution in [2.24, 2.45) is 0 Å². The van der Waals surface area contributed by atoms with E-state index in [2.05, 4.69) is 10.3 Å². The molecule has 2 N–H and O–H groups in total. The highest BCUT2D eigenvalue weighted by molar-refractivity contribution is 7.98. The summed E-state index contributed by atoms with van der Waals surface area (Å²) in [4.78, 5) is 17.9. The second kappa shape index (κ2) is 8.36.